The van der Waals surface area contributed by atoms with Crippen LogP contribution in [-0.2, 0) is 6.18 Å². The highest BCUT2D eigenvalue weighted by atomic mass is 32.1. The van der Waals surface area contributed by atoms with Gasteiger partial charge >= 0.3 is 6.18 Å². The van der Waals surface area contributed by atoms with Gasteiger partial charge in [0.1, 0.15) is 0 Å². The van der Waals surface area contributed by atoms with Crippen LogP contribution in [-0.4, -0.2) is 15.9 Å². The second-order valence-electron chi connectivity index (χ2n) is 5.91. The number of aromatic nitrogens is 2. The zero-order valence-electron chi connectivity index (χ0n) is 14.2. The van der Waals surface area contributed by atoms with Gasteiger partial charge < -0.3 is 0 Å². The van der Waals surface area contributed by atoms with Gasteiger partial charge in [0.15, 0.2) is 5.82 Å². The second-order valence-corrected chi connectivity index (χ2v) is 6.89. The van der Waals surface area contributed by atoms with Crippen LogP contribution in [0, 0.1) is 0 Å². The van der Waals surface area contributed by atoms with Crippen LogP contribution in [0.3, 0.4) is 0 Å². The lowest BCUT2D eigenvalue weighted by Gasteiger charge is -2.12. The lowest BCUT2D eigenvalue weighted by molar-refractivity contribution is -0.137. The van der Waals surface area contributed by atoms with Crippen LogP contribution < -0.4 is 5.56 Å². The molecule has 0 atom stereocenters. The standard InChI is InChI=1S/C20H12F3N3OS/c21-20(22,23)14-6-3-5-13(11-14)18-25-17-9-2-1-8-16(17)19(27)26(18)24-12-15-7-4-10-28-15/h1-12H. The zero-order valence-corrected chi connectivity index (χ0v) is 15.0. The van der Waals surface area contributed by atoms with Gasteiger partial charge in [0, 0.05) is 10.4 Å². The highest BCUT2D eigenvalue weighted by Gasteiger charge is 2.30. The molecular weight excluding hydrogens is 387 g/mol. The fourth-order valence-corrected chi connectivity index (χ4v) is 3.31. The Morgan fingerprint density at radius 3 is 2.61 bits per heavy atom. The van der Waals surface area contributed by atoms with E-state index in [0.29, 0.717) is 10.9 Å². The predicted octanol–water partition coefficient (Wildman–Crippen LogP) is 5.03. The number of benzene rings is 2. The van der Waals surface area contributed by atoms with Crippen LogP contribution >= 0.6 is 11.3 Å². The first-order chi connectivity index (χ1) is 13.4. The Kier molecular flexibility index (Phi) is 4.56. The summed E-state index contributed by atoms with van der Waals surface area (Å²) in [6.45, 7) is 0. The number of para-hydroxylation sites is 1. The molecule has 0 saturated carbocycles. The summed E-state index contributed by atoms with van der Waals surface area (Å²) in [6.07, 6.45) is -3.02. The first kappa shape index (κ1) is 18.1. The molecule has 0 spiro atoms. The topological polar surface area (TPSA) is 47.2 Å². The second kappa shape index (κ2) is 7.05. The number of halogens is 3. The van der Waals surface area contributed by atoms with Crippen molar-refractivity contribution in [1.82, 2.24) is 9.66 Å². The van der Waals surface area contributed by atoms with Crippen molar-refractivity contribution >= 4 is 28.5 Å². The molecule has 8 heteroatoms. The minimum Gasteiger partial charge on any atom is -0.267 e. The molecule has 4 nitrogen and oxygen atoms in total. The predicted molar refractivity (Wildman–Crippen MR) is 104 cm³/mol. The third kappa shape index (κ3) is 3.46. The molecule has 2 aromatic carbocycles. The number of thiophene rings is 1. The minimum absolute atomic E-state index is 0.0441. The van der Waals surface area contributed by atoms with E-state index in [-0.39, 0.29) is 11.4 Å². The highest BCUT2D eigenvalue weighted by Crippen LogP contribution is 2.31. The van der Waals surface area contributed by atoms with E-state index in [2.05, 4.69) is 10.1 Å². The normalized spacial score (nSPS) is 12.1. The van der Waals surface area contributed by atoms with E-state index >= 15 is 0 Å². The van der Waals surface area contributed by atoms with Crippen LogP contribution in [0.15, 0.2) is 75.9 Å². The summed E-state index contributed by atoms with van der Waals surface area (Å²) in [5.74, 6) is 0.0441. The molecule has 0 fully saturated rings. The molecule has 0 radical (unpaired) electrons. The maximum Gasteiger partial charge on any atom is 0.416 e. The smallest absolute Gasteiger partial charge is 0.267 e. The quantitative estimate of drug-likeness (QED) is 0.454. The SMILES string of the molecule is O=c1c2ccccc2nc(-c2cccc(C(F)(F)F)c2)n1N=Cc1cccs1. The number of alkyl halides is 3. The van der Waals surface area contributed by atoms with Gasteiger partial charge in [-0.25, -0.2) is 4.98 Å². The Bertz CT molecular complexity index is 1230. The molecular formula is C20H12F3N3OS. The van der Waals surface area contributed by atoms with Crippen LogP contribution in [0.5, 0.6) is 0 Å². The Hall–Kier alpha value is -3.26. The largest absolute Gasteiger partial charge is 0.416 e. The van der Waals surface area contributed by atoms with Gasteiger partial charge in [0.05, 0.1) is 22.7 Å². The Labute approximate surface area is 161 Å². The van der Waals surface area contributed by atoms with Gasteiger partial charge in [-0.1, -0.05) is 30.3 Å². The fraction of sp³-hybridized carbons (Fsp3) is 0.0500. The Balaban J connectivity index is 1.96. The molecule has 4 aromatic rings. The summed E-state index contributed by atoms with van der Waals surface area (Å²) in [7, 11) is 0. The molecule has 4 rings (SSSR count). The average molecular weight is 399 g/mol. The number of hydrogen-bond acceptors (Lipinski definition) is 4. The van der Waals surface area contributed by atoms with E-state index in [4.69, 9.17) is 0 Å². The van der Waals surface area contributed by atoms with Crippen molar-refractivity contribution in [2.45, 2.75) is 6.18 Å². The molecule has 2 aromatic heterocycles. The third-order valence-electron chi connectivity index (χ3n) is 4.05. The molecule has 140 valence electrons. The van der Waals surface area contributed by atoms with Crippen LogP contribution in [0.4, 0.5) is 13.2 Å². The van der Waals surface area contributed by atoms with E-state index in [0.717, 1.165) is 21.7 Å². The first-order valence-electron chi connectivity index (χ1n) is 8.21. The number of fused-ring (bicyclic) bond motifs is 1. The monoisotopic (exact) mass is 399 g/mol. The molecule has 0 saturated heterocycles. The number of nitrogens with zero attached hydrogens (tertiary/aromatic N) is 3. The summed E-state index contributed by atoms with van der Waals surface area (Å²) in [5, 5.41) is 6.40. The maximum absolute atomic E-state index is 13.1. The Morgan fingerprint density at radius 2 is 1.86 bits per heavy atom. The number of rotatable bonds is 3. The molecule has 0 aliphatic carbocycles. The lowest BCUT2D eigenvalue weighted by atomic mass is 10.1. The van der Waals surface area contributed by atoms with Gasteiger partial charge in [-0.3, -0.25) is 4.79 Å². The lowest BCUT2D eigenvalue weighted by Crippen LogP contribution is -2.20. The van der Waals surface area contributed by atoms with E-state index in [1.807, 2.05) is 17.5 Å². The van der Waals surface area contributed by atoms with E-state index in [1.165, 1.54) is 29.7 Å². The van der Waals surface area contributed by atoms with Gasteiger partial charge in [-0.2, -0.15) is 22.9 Å². The van der Waals surface area contributed by atoms with Crippen molar-refractivity contribution in [3.63, 3.8) is 0 Å². The van der Waals surface area contributed by atoms with Crippen molar-refractivity contribution in [3.8, 4) is 11.4 Å². The molecule has 28 heavy (non-hydrogen) atoms. The minimum atomic E-state index is -4.50. The molecule has 0 amide bonds. The van der Waals surface area contributed by atoms with Crippen molar-refractivity contribution in [1.29, 1.82) is 0 Å². The maximum atomic E-state index is 13.1. The number of hydrogen-bond donors (Lipinski definition) is 0. The van der Waals surface area contributed by atoms with E-state index < -0.39 is 17.3 Å². The molecule has 0 unspecified atom stereocenters. The van der Waals surface area contributed by atoms with Crippen LogP contribution in [0.2, 0.25) is 0 Å². The third-order valence-corrected chi connectivity index (χ3v) is 4.85. The van der Waals surface area contributed by atoms with Crippen LogP contribution in [0.1, 0.15) is 10.4 Å². The molecule has 0 aliphatic rings. The first-order valence-corrected chi connectivity index (χ1v) is 9.09. The van der Waals surface area contributed by atoms with Crippen molar-refractivity contribution in [2.75, 3.05) is 0 Å². The van der Waals surface area contributed by atoms with Gasteiger partial charge in [-0.05, 0) is 35.7 Å². The highest BCUT2D eigenvalue weighted by molar-refractivity contribution is 7.11. The summed E-state index contributed by atoms with van der Waals surface area (Å²) in [6, 6.07) is 15.0. The van der Waals surface area contributed by atoms with Gasteiger partial charge in [-0.15, -0.1) is 11.3 Å². The van der Waals surface area contributed by atoms with Crippen molar-refractivity contribution in [3.05, 3.63) is 86.8 Å². The molecule has 0 bridgehead atoms. The Morgan fingerprint density at radius 1 is 1.04 bits per heavy atom. The average Bonchev–Trinajstić information content (AvgIpc) is 3.20. The summed E-state index contributed by atoms with van der Waals surface area (Å²) >= 11 is 1.43. The summed E-state index contributed by atoms with van der Waals surface area (Å²) in [5.41, 5.74) is -0.726. The zero-order chi connectivity index (χ0) is 19.7. The molecule has 0 N–H and O–H groups in total. The van der Waals surface area contributed by atoms with Crippen LogP contribution in [0.25, 0.3) is 22.3 Å². The molecule has 2 heterocycles. The van der Waals surface area contributed by atoms with E-state index in [1.54, 1.807) is 24.3 Å². The summed E-state index contributed by atoms with van der Waals surface area (Å²) in [4.78, 5) is 18.2. The van der Waals surface area contributed by atoms with Gasteiger partial charge in [0.2, 0.25) is 0 Å². The molecule has 0 aliphatic heterocycles. The van der Waals surface area contributed by atoms with Crippen molar-refractivity contribution in [2.24, 2.45) is 5.10 Å². The fourth-order valence-electron chi connectivity index (χ4n) is 2.73. The van der Waals surface area contributed by atoms with Crippen molar-refractivity contribution < 1.29 is 13.2 Å². The summed E-state index contributed by atoms with van der Waals surface area (Å²) < 4.78 is 40.4. The van der Waals surface area contributed by atoms with Gasteiger partial charge in [0.25, 0.3) is 5.56 Å². The van der Waals surface area contributed by atoms with E-state index in [9.17, 15) is 18.0 Å².